The molecular formula is C8H17NOS. The second-order valence-electron chi connectivity index (χ2n) is 3.09. The Morgan fingerprint density at radius 2 is 2.55 bits per heavy atom. The van der Waals surface area contributed by atoms with Crippen LogP contribution < -0.4 is 5.73 Å². The summed E-state index contributed by atoms with van der Waals surface area (Å²) in [6.07, 6.45) is 6.02. The van der Waals surface area contributed by atoms with Crippen LogP contribution in [-0.4, -0.2) is 30.8 Å². The third-order valence-corrected chi connectivity index (χ3v) is 2.73. The largest absolute Gasteiger partial charge is 0.378 e. The van der Waals surface area contributed by atoms with E-state index < -0.39 is 0 Å². The van der Waals surface area contributed by atoms with Gasteiger partial charge in [-0.05, 0) is 25.5 Å². The lowest BCUT2D eigenvalue weighted by atomic mass is 10.1. The van der Waals surface area contributed by atoms with Crippen molar-refractivity contribution in [2.45, 2.75) is 31.4 Å². The van der Waals surface area contributed by atoms with E-state index in [-0.39, 0.29) is 0 Å². The fourth-order valence-electron chi connectivity index (χ4n) is 1.45. The summed E-state index contributed by atoms with van der Waals surface area (Å²) in [5, 5.41) is 0. The van der Waals surface area contributed by atoms with E-state index >= 15 is 0 Å². The van der Waals surface area contributed by atoms with E-state index in [1.54, 1.807) is 0 Å². The molecule has 0 aromatic heterocycles. The van der Waals surface area contributed by atoms with Crippen LogP contribution in [0.5, 0.6) is 0 Å². The molecule has 1 fully saturated rings. The summed E-state index contributed by atoms with van der Waals surface area (Å²) in [6, 6.07) is 0.327. The second-order valence-corrected chi connectivity index (χ2v) is 4.00. The van der Waals surface area contributed by atoms with Crippen molar-refractivity contribution in [1.29, 1.82) is 0 Å². The normalized spacial score (nSPS) is 27.3. The zero-order chi connectivity index (χ0) is 8.10. The minimum absolute atomic E-state index is 0.327. The molecule has 3 heteroatoms. The van der Waals surface area contributed by atoms with Crippen LogP contribution in [0.4, 0.5) is 0 Å². The topological polar surface area (TPSA) is 35.2 Å². The van der Waals surface area contributed by atoms with Crippen LogP contribution in [0.25, 0.3) is 0 Å². The molecule has 1 saturated heterocycles. The van der Waals surface area contributed by atoms with Crippen LogP contribution >= 0.6 is 11.8 Å². The molecule has 0 aliphatic carbocycles. The fourth-order valence-corrected chi connectivity index (χ4v) is 2.01. The van der Waals surface area contributed by atoms with Gasteiger partial charge in [0, 0.05) is 18.4 Å². The van der Waals surface area contributed by atoms with Gasteiger partial charge in [0.1, 0.15) is 0 Å². The van der Waals surface area contributed by atoms with Crippen LogP contribution in [0.15, 0.2) is 0 Å². The minimum atomic E-state index is 0.327. The van der Waals surface area contributed by atoms with Gasteiger partial charge in [-0.1, -0.05) is 0 Å². The van der Waals surface area contributed by atoms with Crippen molar-refractivity contribution in [2.24, 2.45) is 5.73 Å². The van der Waals surface area contributed by atoms with E-state index in [9.17, 15) is 0 Å². The lowest BCUT2D eigenvalue weighted by Gasteiger charge is -2.14. The van der Waals surface area contributed by atoms with Gasteiger partial charge in [0.25, 0.3) is 0 Å². The van der Waals surface area contributed by atoms with Crippen LogP contribution in [0.2, 0.25) is 0 Å². The average molecular weight is 175 g/mol. The van der Waals surface area contributed by atoms with Gasteiger partial charge in [0.2, 0.25) is 0 Å². The zero-order valence-corrected chi connectivity index (χ0v) is 7.90. The molecule has 1 heterocycles. The highest BCUT2D eigenvalue weighted by Crippen LogP contribution is 2.17. The van der Waals surface area contributed by atoms with Gasteiger partial charge in [-0.2, -0.15) is 11.8 Å². The van der Waals surface area contributed by atoms with Crippen molar-refractivity contribution >= 4 is 11.8 Å². The highest BCUT2D eigenvalue weighted by atomic mass is 32.2. The van der Waals surface area contributed by atoms with Gasteiger partial charge >= 0.3 is 0 Å². The lowest BCUT2D eigenvalue weighted by molar-refractivity contribution is 0.100. The van der Waals surface area contributed by atoms with E-state index in [4.69, 9.17) is 10.5 Å². The Morgan fingerprint density at radius 3 is 3.09 bits per heavy atom. The predicted molar refractivity (Wildman–Crippen MR) is 49.9 cm³/mol. The number of thioether (sulfide) groups is 1. The SMILES string of the molecule is CSCC(N)CC1CCCO1. The second kappa shape index (κ2) is 5.01. The van der Waals surface area contributed by atoms with Crippen LogP contribution in [-0.2, 0) is 4.74 Å². The Hall–Kier alpha value is 0.270. The molecular weight excluding hydrogens is 158 g/mol. The molecule has 0 radical (unpaired) electrons. The first-order valence-corrected chi connectivity index (χ1v) is 5.58. The first-order valence-electron chi connectivity index (χ1n) is 4.19. The van der Waals surface area contributed by atoms with E-state index in [0.29, 0.717) is 12.1 Å². The minimum Gasteiger partial charge on any atom is -0.378 e. The van der Waals surface area contributed by atoms with Crippen molar-refractivity contribution < 1.29 is 4.74 Å². The monoisotopic (exact) mass is 175 g/mol. The summed E-state index contributed by atoms with van der Waals surface area (Å²) in [5.41, 5.74) is 5.86. The quantitative estimate of drug-likeness (QED) is 0.698. The summed E-state index contributed by atoms with van der Waals surface area (Å²) in [5.74, 6) is 1.06. The highest BCUT2D eigenvalue weighted by molar-refractivity contribution is 7.98. The summed E-state index contributed by atoms with van der Waals surface area (Å²) in [4.78, 5) is 0. The van der Waals surface area contributed by atoms with Gasteiger partial charge in [0.15, 0.2) is 0 Å². The molecule has 1 aliphatic rings. The first-order chi connectivity index (χ1) is 5.33. The molecule has 1 aliphatic heterocycles. The maximum Gasteiger partial charge on any atom is 0.0591 e. The summed E-state index contributed by atoms with van der Waals surface area (Å²) < 4.78 is 5.48. The van der Waals surface area contributed by atoms with E-state index in [1.807, 2.05) is 11.8 Å². The van der Waals surface area contributed by atoms with Gasteiger partial charge < -0.3 is 10.5 Å². The Bertz CT molecular complexity index is 104. The number of hydrogen-bond donors (Lipinski definition) is 1. The first kappa shape index (κ1) is 9.36. The van der Waals surface area contributed by atoms with Crippen molar-refractivity contribution in [3.8, 4) is 0 Å². The standard InChI is InChI=1S/C8H17NOS/c1-11-6-7(9)5-8-3-2-4-10-8/h7-8H,2-6,9H2,1H3. The molecule has 2 atom stereocenters. The Morgan fingerprint density at radius 1 is 1.73 bits per heavy atom. The predicted octanol–water partition coefficient (Wildman–Crippen LogP) is 1.25. The third-order valence-electron chi connectivity index (χ3n) is 1.97. The molecule has 2 unspecified atom stereocenters. The molecule has 0 aromatic carbocycles. The number of hydrogen-bond acceptors (Lipinski definition) is 3. The highest BCUT2D eigenvalue weighted by Gasteiger charge is 2.17. The van der Waals surface area contributed by atoms with Crippen molar-refractivity contribution in [2.75, 3.05) is 18.6 Å². The number of nitrogens with two attached hydrogens (primary N) is 1. The van der Waals surface area contributed by atoms with Gasteiger partial charge in [-0.15, -0.1) is 0 Å². The smallest absolute Gasteiger partial charge is 0.0591 e. The van der Waals surface area contributed by atoms with Gasteiger partial charge in [-0.3, -0.25) is 0 Å². The Labute approximate surface area is 72.9 Å². The van der Waals surface area contributed by atoms with Gasteiger partial charge in [0.05, 0.1) is 6.10 Å². The van der Waals surface area contributed by atoms with Crippen molar-refractivity contribution in [3.63, 3.8) is 0 Å². The van der Waals surface area contributed by atoms with Crippen molar-refractivity contribution in [1.82, 2.24) is 0 Å². The Kier molecular flexibility index (Phi) is 4.26. The molecule has 0 amide bonds. The maximum absolute atomic E-state index is 5.86. The van der Waals surface area contributed by atoms with E-state index in [2.05, 4.69) is 6.26 Å². The molecule has 0 aromatic rings. The molecule has 2 nitrogen and oxygen atoms in total. The maximum atomic E-state index is 5.86. The summed E-state index contributed by atoms with van der Waals surface area (Å²) in [6.45, 7) is 0.941. The molecule has 2 N–H and O–H groups in total. The lowest BCUT2D eigenvalue weighted by Crippen LogP contribution is -2.28. The summed E-state index contributed by atoms with van der Waals surface area (Å²) in [7, 11) is 0. The molecule has 66 valence electrons. The number of ether oxygens (including phenoxy) is 1. The van der Waals surface area contributed by atoms with Crippen LogP contribution in [0, 0.1) is 0 Å². The number of rotatable bonds is 4. The molecule has 0 spiro atoms. The average Bonchev–Trinajstić information content (AvgIpc) is 2.40. The third kappa shape index (κ3) is 3.45. The molecule has 0 saturated carbocycles. The molecule has 11 heavy (non-hydrogen) atoms. The summed E-state index contributed by atoms with van der Waals surface area (Å²) >= 11 is 1.81. The van der Waals surface area contributed by atoms with Gasteiger partial charge in [-0.25, -0.2) is 0 Å². The molecule has 1 rings (SSSR count). The van der Waals surface area contributed by atoms with E-state index in [0.717, 1.165) is 18.8 Å². The van der Waals surface area contributed by atoms with E-state index in [1.165, 1.54) is 12.8 Å². The molecule has 0 bridgehead atoms. The van der Waals surface area contributed by atoms with Crippen molar-refractivity contribution in [3.05, 3.63) is 0 Å². The Balaban J connectivity index is 2.08. The fraction of sp³-hybridized carbons (Fsp3) is 1.00. The van der Waals surface area contributed by atoms with Crippen LogP contribution in [0.1, 0.15) is 19.3 Å². The van der Waals surface area contributed by atoms with Crippen LogP contribution in [0.3, 0.4) is 0 Å². The zero-order valence-electron chi connectivity index (χ0n) is 7.08.